The molecular formula is C7H9F3Se. The molecule has 1 rings (SSSR count). The van der Waals surface area contributed by atoms with Gasteiger partial charge in [0.15, 0.2) is 0 Å². The molecule has 0 aromatic rings. The van der Waals surface area contributed by atoms with Gasteiger partial charge in [-0.2, -0.15) is 0 Å². The van der Waals surface area contributed by atoms with E-state index in [9.17, 15) is 13.2 Å². The Labute approximate surface area is 70.0 Å². The van der Waals surface area contributed by atoms with Crippen molar-refractivity contribution in [3.63, 3.8) is 0 Å². The Morgan fingerprint density at radius 3 is 2.55 bits per heavy atom. The number of hydrogen-bond acceptors (Lipinski definition) is 0. The Kier molecular flexibility index (Phi) is 3.02. The molecule has 4 heteroatoms. The van der Waals surface area contributed by atoms with E-state index in [4.69, 9.17) is 0 Å². The molecule has 64 valence electrons. The van der Waals surface area contributed by atoms with Crippen molar-refractivity contribution in [1.29, 1.82) is 0 Å². The first-order chi connectivity index (χ1) is 5.08. The molecule has 1 aliphatic rings. The molecule has 0 bridgehead atoms. The third-order valence-electron chi connectivity index (χ3n) is 1.50. The fourth-order valence-corrected chi connectivity index (χ4v) is 2.77. The van der Waals surface area contributed by atoms with E-state index in [2.05, 4.69) is 0 Å². The van der Waals surface area contributed by atoms with Gasteiger partial charge in [-0.25, -0.2) is 0 Å². The van der Waals surface area contributed by atoms with Crippen molar-refractivity contribution in [1.82, 2.24) is 0 Å². The molecule has 0 aromatic carbocycles. The van der Waals surface area contributed by atoms with Crippen LogP contribution in [-0.2, 0) is 0 Å². The third kappa shape index (κ3) is 3.82. The van der Waals surface area contributed by atoms with Gasteiger partial charge in [0.25, 0.3) is 0 Å². The molecular weight excluding hydrogens is 220 g/mol. The van der Waals surface area contributed by atoms with Gasteiger partial charge in [0, 0.05) is 0 Å². The number of allylic oxidation sites excluding steroid dienone is 2. The first kappa shape index (κ1) is 9.14. The van der Waals surface area contributed by atoms with E-state index in [0.717, 1.165) is 19.3 Å². The van der Waals surface area contributed by atoms with E-state index >= 15 is 0 Å². The Hall–Kier alpha value is 0.0495. The quantitative estimate of drug-likeness (QED) is 0.479. The molecule has 0 aromatic heterocycles. The van der Waals surface area contributed by atoms with Gasteiger partial charge in [-0.05, 0) is 0 Å². The van der Waals surface area contributed by atoms with Gasteiger partial charge in [0.05, 0.1) is 0 Å². The van der Waals surface area contributed by atoms with Crippen LogP contribution < -0.4 is 0 Å². The molecule has 0 nitrogen and oxygen atoms in total. The van der Waals surface area contributed by atoms with Gasteiger partial charge in [-0.15, -0.1) is 0 Å². The second-order valence-electron chi connectivity index (χ2n) is 2.46. The van der Waals surface area contributed by atoms with Crippen LogP contribution in [-0.4, -0.2) is 20.0 Å². The van der Waals surface area contributed by atoms with Crippen molar-refractivity contribution in [3.05, 3.63) is 12.2 Å². The average Bonchev–Trinajstić information content (AvgIpc) is 1.85. The van der Waals surface area contributed by atoms with E-state index in [1.807, 2.05) is 6.08 Å². The van der Waals surface area contributed by atoms with Crippen LogP contribution in [0.15, 0.2) is 12.2 Å². The van der Waals surface area contributed by atoms with Crippen LogP contribution in [0, 0.1) is 0 Å². The summed E-state index contributed by atoms with van der Waals surface area (Å²) in [7, 11) is 0. The maximum absolute atomic E-state index is 11.8. The number of halogens is 3. The monoisotopic (exact) mass is 230 g/mol. The van der Waals surface area contributed by atoms with Gasteiger partial charge in [0.2, 0.25) is 0 Å². The maximum atomic E-state index is 11.8. The van der Waals surface area contributed by atoms with Gasteiger partial charge >= 0.3 is 69.4 Å². The molecule has 0 radical (unpaired) electrons. The van der Waals surface area contributed by atoms with Crippen molar-refractivity contribution < 1.29 is 13.2 Å². The Morgan fingerprint density at radius 1 is 1.36 bits per heavy atom. The predicted octanol–water partition coefficient (Wildman–Crippen LogP) is 2.74. The van der Waals surface area contributed by atoms with E-state index in [1.165, 1.54) is 0 Å². The first-order valence-corrected chi connectivity index (χ1v) is 5.34. The van der Waals surface area contributed by atoms with Crippen LogP contribution in [0.5, 0.6) is 0 Å². The van der Waals surface area contributed by atoms with Crippen molar-refractivity contribution in [2.24, 2.45) is 0 Å². The zero-order valence-electron chi connectivity index (χ0n) is 5.90. The first-order valence-electron chi connectivity index (χ1n) is 3.49. The molecule has 0 saturated carbocycles. The summed E-state index contributed by atoms with van der Waals surface area (Å²) in [6.07, 6.45) is 6.16. The second kappa shape index (κ2) is 3.63. The van der Waals surface area contributed by atoms with Crippen LogP contribution in [0.2, 0.25) is 4.82 Å². The molecule has 0 N–H and O–H groups in total. The zero-order chi connectivity index (χ0) is 8.32. The van der Waals surface area contributed by atoms with Crippen LogP contribution in [0.25, 0.3) is 0 Å². The molecule has 0 aliphatic heterocycles. The second-order valence-corrected chi connectivity index (χ2v) is 5.20. The van der Waals surface area contributed by atoms with Crippen molar-refractivity contribution in [2.75, 3.05) is 0 Å². The van der Waals surface area contributed by atoms with Crippen molar-refractivity contribution >= 4 is 15.0 Å². The standard InChI is InChI=1S/C7H9F3Se/c8-7(9,10)11-6-4-2-1-3-5-6/h2,4,6H,1,3,5H2. The van der Waals surface area contributed by atoms with Crippen LogP contribution in [0.4, 0.5) is 13.2 Å². The predicted molar refractivity (Wildman–Crippen MR) is 38.6 cm³/mol. The summed E-state index contributed by atoms with van der Waals surface area (Å²) >= 11 is -1.20. The van der Waals surface area contributed by atoms with Gasteiger partial charge in [-0.1, -0.05) is 0 Å². The summed E-state index contributed by atoms with van der Waals surface area (Å²) in [5, 5.41) is -3.93. The SMILES string of the molecule is FC(F)(F)[Se]C1C=CCCC1. The summed E-state index contributed by atoms with van der Waals surface area (Å²) in [6, 6.07) is 0. The van der Waals surface area contributed by atoms with Crippen LogP contribution in [0.1, 0.15) is 19.3 Å². The summed E-state index contributed by atoms with van der Waals surface area (Å²) in [5.74, 6) is 0. The van der Waals surface area contributed by atoms with E-state index in [-0.39, 0.29) is 4.82 Å². The van der Waals surface area contributed by atoms with Crippen molar-refractivity contribution in [2.45, 2.75) is 29.2 Å². The molecule has 0 saturated heterocycles. The van der Waals surface area contributed by atoms with Crippen molar-refractivity contribution in [3.8, 4) is 0 Å². The molecule has 0 heterocycles. The summed E-state index contributed by atoms with van der Waals surface area (Å²) in [4.78, 5) is -0.198. The molecule has 1 atom stereocenters. The normalized spacial score (nSPS) is 25.5. The van der Waals surface area contributed by atoms with Crippen LogP contribution >= 0.6 is 0 Å². The molecule has 0 fully saturated rings. The van der Waals surface area contributed by atoms with E-state index in [0.29, 0.717) is 0 Å². The minimum absolute atomic E-state index is 0.198. The summed E-state index contributed by atoms with van der Waals surface area (Å²) < 4.78 is 35.5. The molecule has 0 amide bonds. The Morgan fingerprint density at radius 2 is 2.09 bits per heavy atom. The molecule has 1 aliphatic carbocycles. The fraction of sp³-hybridized carbons (Fsp3) is 0.714. The van der Waals surface area contributed by atoms with Gasteiger partial charge in [-0.3, -0.25) is 0 Å². The van der Waals surface area contributed by atoms with Gasteiger partial charge in [0.1, 0.15) is 0 Å². The molecule has 1 unspecified atom stereocenters. The average molecular weight is 229 g/mol. The number of rotatable bonds is 1. The van der Waals surface area contributed by atoms with E-state index in [1.54, 1.807) is 6.08 Å². The topological polar surface area (TPSA) is 0 Å². The third-order valence-corrected chi connectivity index (χ3v) is 3.52. The molecule has 11 heavy (non-hydrogen) atoms. The van der Waals surface area contributed by atoms with Crippen LogP contribution in [0.3, 0.4) is 0 Å². The zero-order valence-corrected chi connectivity index (χ0v) is 7.61. The van der Waals surface area contributed by atoms with Gasteiger partial charge < -0.3 is 0 Å². The Balaban J connectivity index is 2.36. The summed E-state index contributed by atoms with van der Waals surface area (Å²) in [5.41, 5.74) is 0. The number of alkyl halides is 3. The number of hydrogen-bond donors (Lipinski definition) is 0. The van der Waals surface area contributed by atoms with E-state index < -0.39 is 20.0 Å². The summed E-state index contributed by atoms with van der Waals surface area (Å²) in [6.45, 7) is 0. The molecule has 0 spiro atoms. The fourth-order valence-electron chi connectivity index (χ4n) is 1.05. The minimum atomic E-state index is -3.93. The Bertz CT molecular complexity index is 150.